The molecule has 0 aliphatic carbocycles. The van der Waals surface area contributed by atoms with Crippen molar-refractivity contribution in [3.8, 4) is 0 Å². The summed E-state index contributed by atoms with van der Waals surface area (Å²) in [5, 5.41) is 6.36. The van der Waals surface area contributed by atoms with E-state index in [1.165, 1.54) is 0 Å². The predicted molar refractivity (Wildman–Crippen MR) is 71.3 cm³/mol. The molecule has 0 aromatic rings. The van der Waals surface area contributed by atoms with E-state index in [1.807, 2.05) is 6.92 Å². The average Bonchev–Trinajstić information content (AvgIpc) is 2.26. The van der Waals surface area contributed by atoms with Gasteiger partial charge in [-0.05, 0) is 39.7 Å². The minimum absolute atomic E-state index is 0.122. The highest BCUT2D eigenvalue weighted by molar-refractivity contribution is 7.84. The van der Waals surface area contributed by atoms with Crippen LogP contribution in [0.2, 0.25) is 0 Å². The van der Waals surface area contributed by atoms with Crippen molar-refractivity contribution in [2.75, 3.05) is 18.6 Å². The van der Waals surface area contributed by atoms with Crippen LogP contribution in [-0.4, -0.2) is 40.8 Å². The molecule has 0 bridgehead atoms. The number of carbonyl (C=O) groups is 1. The molecule has 0 spiro atoms. The Morgan fingerprint density at radius 3 is 2.88 bits per heavy atom. The van der Waals surface area contributed by atoms with Crippen molar-refractivity contribution < 1.29 is 9.00 Å². The first kappa shape index (κ1) is 14.6. The normalized spacial score (nSPS) is 28.4. The third kappa shape index (κ3) is 5.64. The third-order valence-electron chi connectivity index (χ3n) is 3.22. The molecule has 1 rings (SSSR count). The van der Waals surface area contributed by atoms with Crippen molar-refractivity contribution in [1.29, 1.82) is 0 Å². The Bertz CT molecular complexity index is 284. The van der Waals surface area contributed by atoms with Gasteiger partial charge in [-0.1, -0.05) is 0 Å². The number of hydrogen-bond donors (Lipinski definition) is 2. The standard InChI is InChI=1S/C12H24N2O2S/c1-9(5-7-17(3)16)14-12(15)11-4-6-13-10(2)8-11/h9-11,13H,4-8H2,1-3H3,(H,14,15). The van der Waals surface area contributed by atoms with Gasteiger partial charge in [0.05, 0.1) is 0 Å². The van der Waals surface area contributed by atoms with Crippen LogP contribution in [0.4, 0.5) is 0 Å². The molecule has 1 fully saturated rings. The molecule has 0 aromatic heterocycles. The maximum atomic E-state index is 12.0. The molecule has 4 atom stereocenters. The minimum Gasteiger partial charge on any atom is -0.353 e. The van der Waals surface area contributed by atoms with E-state index in [0.717, 1.165) is 25.8 Å². The first-order valence-corrected chi connectivity index (χ1v) is 8.05. The largest absolute Gasteiger partial charge is 0.353 e. The molecule has 1 amide bonds. The van der Waals surface area contributed by atoms with Crippen LogP contribution in [0, 0.1) is 5.92 Å². The molecule has 0 radical (unpaired) electrons. The van der Waals surface area contributed by atoms with Crippen LogP contribution in [-0.2, 0) is 15.6 Å². The van der Waals surface area contributed by atoms with Crippen LogP contribution in [0.25, 0.3) is 0 Å². The maximum absolute atomic E-state index is 12.0. The highest BCUT2D eigenvalue weighted by Crippen LogP contribution is 2.16. The first-order chi connectivity index (χ1) is 7.99. The summed E-state index contributed by atoms with van der Waals surface area (Å²) in [5.74, 6) is 0.956. The summed E-state index contributed by atoms with van der Waals surface area (Å²) in [6, 6.07) is 0.551. The Balaban J connectivity index is 2.29. The van der Waals surface area contributed by atoms with Crippen molar-refractivity contribution >= 4 is 16.7 Å². The van der Waals surface area contributed by atoms with Gasteiger partial charge in [-0.3, -0.25) is 9.00 Å². The third-order valence-corrected chi connectivity index (χ3v) is 4.03. The fourth-order valence-corrected chi connectivity index (χ4v) is 2.83. The van der Waals surface area contributed by atoms with Crippen LogP contribution in [0.3, 0.4) is 0 Å². The second-order valence-corrected chi connectivity index (χ2v) is 6.61. The van der Waals surface area contributed by atoms with Crippen molar-refractivity contribution in [1.82, 2.24) is 10.6 Å². The number of nitrogens with one attached hydrogen (secondary N) is 2. The number of carbonyl (C=O) groups excluding carboxylic acids is 1. The number of hydrogen-bond acceptors (Lipinski definition) is 3. The van der Waals surface area contributed by atoms with Gasteiger partial charge in [-0.15, -0.1) is 0 Å². The second-order valence-electron chi connectivity index (χ2n) is 5.05. The molecule has 1 saturated heterocycles. The molecular formula is C12H24N2O2S. The van der Waals surface area contributed by atoms with Crippen molar-refractivity contribution in [3.05, 3.63) is 0 Å². The Hall–Kier alpha value is -0.420. The zero-order chi connectivity index (χ0) is 12.8. The highest BCUT2D eigenvalue weighted by Gasteiger charge is 2.25. The van der Waals surface area contributed by atoms with Crippen LogP contribution < -0.4 is 10.6 Å². The van der Waals surface area contributed by atoms with Crippen molar-refractivity contribution in [2.24, 2.45) is 5.92 Å². The lowest BCUT2D eigenvalue weighted by molar-refractivity contribution is -0.126. The topological polar surface area (TPSA) is 58.2 Å². The molecule has 4 nitrogen and oxygen atoms in total. The Morgan fingerprint density at radius 2 is 2.29 bits per heavy atom. The number of piperidine rings is 1. The van der Waals surface area contributed by atoms with Crippen LogP contribution in [0.1, 0.15) is 33.1 Å². The molecule has 1 heterocycles. The zero-order valence-corrected chi connectivity index (χ0v) is 11.8. The molecule has 1 aliphatic rings. The van der Waals surface area contributed by atoms with E-state index >= 15 is 0 Å². The van der Waals surface area contributed by atoms with Crippen molar-refractivity contribution in [2.45, 2.75) is 45.2 Å². The second kappa shape index (κ2) is 7.11. The Morgan fingerprint density at radius 1 is 1.59 bits per heavy atom. The van der Waals surface area contributed by atoms with Gasteiger partial charge in [-0.25, -0.2) is 0 Å². The lowest BCUT2D eigenvalue weighted by Gasteiger charge is -2.28. The van der Waals surface area contributed by atoms with Crippen LogP contribution in [0.5, 0.6) is 0 Å². The predicted octanol–water partition coefficient (Wildman–Crippen LogP) is 0.648. The van der Waals surface area contributed by atoms with E-state index in [0.29, 0.717) is 11.8 Å². The SMILES string of the molecule is CC1CC(C(=O)NC(C)CCS(C)=O)CCN1. The van der Waals surface area contributed by atoms with Gasteiger partial charge in [0.1, 0.15) is 0 Å². The fourth-order valence-electron chi connectivity index (χ4n) is 2.15. The molecule has 2 N–H and O–H groups in total. The Kier molecular flexibility index (Phi) is 6.12. The summed E-state index contributed by atoms with van der Waals surface area (Å²) in [6.45, 7) is 5.02. The van der Waals surface area contributed by atoms with Crippen LogP contribution in [0.15, 0.2) is 0 Å². The Labute approximate surface area is 106 Å². The summed E-state index contributed by atoms with van der Waals surface area (Å²) >= 11 is 0. The summed E-state index contributed by atoms with van der Waals surface area (Å²) in [5.41, 5.74) is 0. The zero-order valence-electron chi connectivity index (χ0n) is 11.0. The minimum atomic E-state index is -0.773. The molecule has 4 unspecified atom stereocenters. The molecular weight excluding hydrogens is 236 g/mol. The maximum Gasteiger partial charge on any atom is 0.223 e. The summed E-state index contributed by atoms with van der Waals surface area (Å²) in [4.78, 5) is 12.0. The number of rotatable bonds is 5. The van der Waals surface area contributed by atoms with E-state index in [-0.39, 0.29) is 17.9 Å². The van der Waals surface area contributed by atoms with Gasteiger partial charge in [0.25, 0.3) is 0 Å². The monoisotopic (exact) mass is 260 g/mol. The van der Waals surface area contributed by atoms with Gasteiger partial charge in [0.15, 0.2) is 0 Å². The quantitative estimate of drug-likeness (QED) is 0.763. The number of amides is 1. The smallest absolute Gasteiger partial charge is 0.223 e. The molecule has 5 heteroatoms. The molecule has 1 aliphatic heterocycles. The van der Waals surface area contributed by atoms with Crippen molar-refractivity contribution in [3.63, 3.8) is 0 Å². The highest BCUT2D eigenvalue weighted by atomic mass is 32.2. The molecule has 0 saturated carbocycles. The molecule has 17 heavy (non-hydrogen) atoms. The van der Waals surface area contributed by atoms with E-state index in [9.17, 15) is 9.00 Å². The average molecular weight is 260 g/mol. The first-order valence-electron chi connectivity index (χ1n) is 6.32. The van der Waals surface area contributed by atoms with Gasteiger partial charge in [-0.2, -0.15) is 0 Å². The van der Waals surface area contributed by atoms with Gasteiger partial charge in [0.2, 0.25) is 5.91 Å². The molecule has 0 aromatic carbocycles. The fraction of sp³-hybridized carbons (Fsp3) is 0.917. The van der Waals surface area contributed by atoms with E-state index in [4.69, 9.17) is 0 Å². The lowest BCUT2D eigenvalue weighted by atomic mass is 9.92. The van der Waals surface area contributed by atoms with Gasteiger partial charge in [0, 0.05) is 40.8 Å². The summed E-state index contributed by atoms with van der Waals surface area (Å²) in [6.07, 6.45) is 4.32. The van der Waals surface area contributed by atoms with E-state index < -0.39 is 10.8 Å². The van der Waals surface area contributed by atoms with Crippen LogP contribution >= 0.6 is 0 Å². The van der Waals surface area contributed by atoms with Gasteiger partial charge >= 0.3 is 0 Å². The lowest BCUT2D eigenvalue weighted by Crippen LogP contribution is -2.44. The van der Waals surface area contributed by atoms with Gasteiger partial charge < -0.3 is 10.6 Å². The van der Waals surface area contributed by atoms with E-state index in [1.54, 1.807) is 6.26 Å². The molecule has 100 valence electrons. The summed E-state index contributed by atoms with van der Waals surface area (Å²) < 4.78 is 11.0. The summed E-state index contributed by atoms with van der Waals surface area (Å²) in [7, 11) is -0.773. The van der Waals surface area contributed by atoms with E-state index in [2.05, 4.69) is 17.6 Å².